The molecule has 0 spiro atoms. The third-order valence-corrected chi connectivity index (χ3v) is 7.27. The summed E-state index contributed by atoms with van der Waals surface area (Å²) in [4.78, 5) is 37.4. The van der Waals surface area contributed by atoms with Gasteiger partial charge in [-0.15, -0.1) is 0 Å². The number of nitrogens with zero attached hydrogens (tertiary/aromatic N) is 4. The molecule has 1 aliphatic heterocycles. The Labute approximate surface area is 243 Å². The monoisotopic (exact) mass is 558 g/mol. The number of ether oxygens (including phenoxy) is 1. The Balaban J connectivity index is 1.19. The number of rotatable bonds is 8. The number of nitrogens with one attached hydrogen (secondary N) is 2. The quantitative estimate of drug-likeness (QED) is 0.277. The molecule has 0 aliphatic carbocycles. The summed E-state index contributed by atoms with van der Waals surface area (Å²) in [5, 5.41) is 6.28. The number of carbonyl (C=O) groups excluding carboxylic acids is 2. The van der Waals surface area contributed by atoms with Gasteiger partial charge in [0.15, 0.2) is 0 Å². The van der Waals surface area contributed by atoms with Gasteiger partial charge >= 0.3 is 0 Å². The molecule has 2 N–H and O–H groups in total. The molecule has 210 valence electrons. The molecule has 5 aromatic rings. The van der Waals surface area contributed by atoms with Gasteiger partial charge in [-0.3, -0.25) is 14.6 Å². The van der Waals surface area contributed by atoms with E-state index in [-0.39, 0.29) is 11.8 Å². The lowest BCUT2D eigenvalue weighted by molar-refractivity contribution is 0.0941. The van der Waals surface area contributed by atoms with Crippen LogP contribution < -0.4 is 20.3 Å². The fraction of sp³-hybridized carbons (Fsp3) is 0.152. The van der Waals surface area contributed by atoms with Crippen molar-refractivity contribution in [1.29, 1.82) is 0 Å². The molecule has 0 saturated carbocycles. The SMILES string of the molecule is COc1cccc(CNc2ccc(C(=O)N3Cc4ccc(C(=O)NCc5cccnc5)n4Cc4ccccc43)cn2)c1. The maximum Gasteiger partial charge on any atom is 0.268 e. The minimum Gasteiger partial charge on any atom is -0.497 e. The van der Waals surface area contributed by atoms with Gasteiger partial charge in [0, 0.05) is 43.1 Å². The van der Waals surface area contributed by atoms with Gasteiger partial charge in [0.1, 0.15) is 17.3 Å². The number of fused-ring (bicyclic) bond motifs is 2. The molecule has 1 aliphatic rings. The van der Waals surface area contributed by atoms with E-state index in [9.17, 15) is 9.59 Å². The number of hydrogen-bond acceptors (Lipinski definition) is 6. The van der Waals surface area contributed by atoms with E-state index >= 15 is 0 Å². The van der Waals surface area contributed by atoms with Gasteiger partial charge < -0.3 is 24.8 Å². The Morgan fingerprint density at radius 3 is 2.57 bits per heavy atom. The molecular weight excluding hydrogens is 528 g/mol. The van der Waals surface area contributed by atoms with Crippen LogP contribution in [0.25, 0.3) is 0 Å². The number of benzene rings is 2. The molecule has 9 nitrogen and oxygen atoms in total. The minimum absolute atomic E-state index is 0.161. The molecule has 4 heterocycles. The third-order valence-electron chi connectivity index (χ3n) is 7.27. The van der Waals surface area contributed by atoms with Crippen LogP contribution in [0.1, 0.15) is 43.2 Å². The Kier molecular flexibility index (Phi) is 7.63. The van der Waals surface area contributed by atoms with Crippen LogP contribution in [0, 0.1) is 0 Å². The van der Waals surface area contributed by atoms with E-state index in [1.807, 2.05) is 83.4 Å². The first-order valence-corrected chi connectivity index (χ1v) is 13.7. The zero-order valence-electron chi connectivity index (χ0n) is 23.2. The van der Waals surface area contributed by atoms with Crippen molar-refractivity contribution in [2.24, 2.45) is 0 Å². The predicted octanol–water partition coefficient (Wildman–Crippen LogP) is 5.04. The normalized spacial score (nSPS) is 12.1. The average molecular weight is 559 g/mol. The molecule has 3 aromatic heterocycles. The molecule has 0 saturated heterocycles. The highest BCUT2D eigenvalue weighted by Crippen LogP contribution is 2.30. The molecule has 9 heteroatoms. The molecule has 0 bridgehead atoms. The lowest BCUT2D eigenvalue weighted by Crippen LogP contribution is -2.31. The lowest BCUT2D eigenvalue weighted by atomic mass is 10.1. The van der Waals surface area contributed by atoms with Crippen LogP contribution in [-0.4, -0.2) is 33.5 Å². The Morgan fingerprint density at radius 1 is 0.881 bits per heavy atom. The second kappa shape index (κ2) is 12.0. The summed E-state index contributed by atoms with van der Waals surface area (Å²) in [5.41, 5.74) is 5.64. The van der Waals surface area contributed by atoms with Crippen molar-refractivity contribution in [2.75, 3.05) is 17.3 Å². The number of methoxy groups -OCH3 is 1. The van der Waals surface area contributed by atoms with Crippen LogP contribution in [0.3, 0.4) is 0 Å². The van der Waals surface area contributed by atoms with Crippen LogP contribution >= 0.6 is 0 Å². The summed E-state index contributed by atoms with van der Waals surface area (Å²) in [6, 6.07) is 26.7. The number of carbonyl (C=O) groups is 2. The van der Waals surface area contributed by atoms with Crippen LogP contribution in [0.2, 0.25) is 0 Å². The van der Waals surface area contributed by atoms with Crippen molar-refractivity contribution in [2.45, 2.75) is 26.2 Å². The van der Waals surface area contributed by atoms with E-state index in [1.165, 1.54) is 0 Å². The molecule has 0 radical (unpaired) electrons. The fourth-order valence-electron chi connectivity index (χ4n) is 5.07. The van der Waals surface area contributed by atoms with Crippen molar-refractivity contribution in [3.05, 3.63) is 137 Å². The first-order chi connectivity index (χ1) is 20.6. The summed E-state index contributed by atoms with van der Waals surface area (Å²) in [6.07, 6.45) is 5.03. The molecule has 2 aromatic carbocycles. The van der Waals surface area contributed by atoms with Crippen LogP contribution in [0.5, 0.6) is 5.75 Å². The highest BCUT2D eigenvalue weighted by Gasteiger charge is 2.27. The first-order valence-electron chi connectivity index (χ1n) is 13.7. The highest BCUT2D eigenvalue weighted by atomic mass is 16.5. The number of aromatic nitrogens is 3. The van der Waals surface area contributed by atoms with Gasteiger partial charge in [0.05, 0.1) is 25.8 Å². The van der Waals surface area contributed by atoms with Gasteiger partial charge in [0.25, 0.3) is 11.8 Å². The van der Waals surface area contributed by atoms with Gasteiger partial charge in [-0.25, -0.2) is 4.98 Å². The second-order valence-electron chi connectivity index (χ2n) is 10.00. The summed E-state index contributed by atoms with van der Waals surface area (Å²) in [6.45, 7) is 1.75. The van der Waals surface area contributed by atoms with E-state index in [0.29, 0.717) is 43.3 Å². The Bertz CT molecular complexity index is 1720. The fourth-order valence-corrected chi connectivity index (χ4v) is 5.07. The maximum absolute atomic E-state index is 13.8. The highest BCUT2D eigenvalue weighted by molar-refractivity contribution is 6.06. The van der Waals surface area contributed by atoms with Crippen molar-refractivity contribution in [1.82, 2.24) is 19.9 Å². The number of anilines is 2. The smallest absolute Gasteiger partial charge is 0.268 e. The second-order valence-corrected chi connectivity index (χ2v) is 10.00. The molecule has 0 atom stereocenters. The van der Waals surface area contributed by atoms with Gasteiger partial charge in [-0.2, -0.15) is 0 Å². The number of amides is 2. The largest absolute Gasteiger partial charge is 0.497 e. The van der Waals surface area contributed by atoms with Crippen molar-refractivity contribution < 1.29 is 14.3 Å². The number of para-hydroxylation sites is 1. The Hall–Kier alpha value is -5.44. The van der Waals surface area contributed by atoms with Crippen molar-refractivity contribution in [3.63, 3.8) is 0 Å². The van der Waals surface area contributed by atoms with Crippen LogP contribution in [0.4, 0.5) is 11.5 Å². The molecular formula is C33H30N6O3. The molecule has 2 amide bonds. The topological polar surface area (TPSA) is 101 Å². The van der Waals surface area contributed by atoms with E-state index in [1.54, 1.807) is 36.7 Å². The molecule has 0 fully saturated rings. The van der Waals surface area contributed by atoms with Gasteiger partial charge in [-0.1, -0.05) is 36.4 Å². The van der Waals surface area contributed by atoms with Crippen molar-refractivity contribution >= 4 is 23.3 Å². The Morgan fingerprint density at radius 2 is 1.76 bits per heavy atom. The van der Waals surface area contributed by atoms with Crippen molar-refractivity contribution in [3.8, 4) is 5.75 Å². The van der Waals surface area contributed by atoms with Crippen LogP contribution in [-0.2, 0) is 26.2 Å². The van der Waals surface area contributed by atoms with E-state index in [0.717, 1.165) is 33.8 Å². The molecule has 6 rings (SSSR count). The average Bonchev–Trinajstić information content (AvgIpc) is 3.36. The zero-order chi connectivity index (χ0) is 28.9. The van der Waals surface area contributed by atoms with Crippen LogP contribution in [0.15, 0.2) is 104 Å². The predicted molar refractivity (Wildman–Crippen MR) is 160 cm³/mol. The van der Waals surface area contributed by atoms with E-state index < -0.39 is 0 Å². The standard InChI is InChI=1S/C33H30N6O3/c1-42-28-9-4-6-23(16-28)18-35-31-14-11-25(20-36-31)33(41)39-22-27-12-13-30(32(40)37-19-24-7-5-15-34-17-24)38(27)21-26-8-2-3-10-29(26)39/h2-17,20H,18-19,21-22H2,1H3,(H,35,36)(H,37,40). The van der Waals surface area contributed by atoms with Gasteiger partial charge in [0.2, 0.25) is 0 Å². The summed E-state index contributed by atoms with van der Waals surface area (Å²) in [7, 11) is 1.64. The minimum atomic E-state index is -0.177. The summed E-state index contributed by atoms with van der Waals surface area (Å²) >= 11 is 0. The van der Waals surface area contributed by atoms with E-state index in [4.69, 9.17) is 4.74 Å². The number of pyridine rings is 2. The zero-order valence-corrected chi connectivity index (χ0v) is 23.2. The van der Waals surface area contributed by atoms with E-state index in [2.05, 4.69) is 20.6 Å². The molecule has 42 heavy (non-hydrogen) atoms. The van der Waals surface area contributed by atoms with Gasteiger partial charge in [-0.05, 0) is 65.2 Å². The summed E-state index contributed by atoms with van der Waals surface area (Å²) < 4.78 is 7.27. The third kappa shape index (κ3) is 5.71. The summed E-state index contributed by atoms with van der Waals surface area (Å²) in [5.74, 6) is 1.13. The lowest BCUT2D eigenvalue weighted by Gasteiger charge is -2.22. The molecule has 0 unspecified atom stereocenters. The maximum atomic E-state index is 13.8. The number of hydrogen-bond donors (Lipinski definition) is 2. The first kappa shape index (κ1) is 26.8.